The minimum absolute atomic E-state index is 0.0454. The van der Waals surface area contributed by atoms with Gasteiger partial charge in [-0.2, -0.15) is 0 Å². The number of carbonyl (C=O) groups is 4. The number of methoxy groups -OCH3 is 1. The summed E-state index contributed by atoms with van der Waals surface area (Å²) in [6.07, 6.45) is 0.221. The average molecular weight is 366 g/mol. The van der Waals surface area contributed by atoms with Gasteiger partial charge in [-0.15, -0.1) is 0 Å². The van der Waals surface area contributed by atoms with Gasteiger partial charge in [0.25, 0.3) is 0 Å². The number of ketones is 1. The van der Waals surface area contributed by atoms with Crippen LogP contribution in [0, 0.1) is 5.82 Å². The lowest BCUT2D eigenvalue weighted by molar-refractivity contribution is -0.145. The molecule has 0 bridgehead atoms. The van der Waals surface area contributed by atoms with Crippen molar-refractivity contribution in [2.75, 3.05) is 7.11 Å². The second-order valence-electron chi connectivity index (χ2n) is 5.91. The van der Waals surface area contributed by atoms with Crippen molar-refractivity contribution < 1.29 is 28.3 Å². The zero-order chi connectivity index (χ0) is 19.7. The lowest BCUT2D eigenvalue weighted by Crippen LogP contribution is -2.52. The molecule has 1 rings (SSSR count). The summed E-state index contributed by atoms with van der Waals surface area (Å²) in [4.78, 5) is 46.9. The molecule has 0 aliphatic heterocycles. The van der Waals surface area contributed by atoms with E-state index in [1.54, 1.807) is 6.07 Å². The van der Waals surface area contributed by atoms with Crippen molar-refractivity contribution in [1.29, 1.82) is 0 Å². The van der Waals surface area contributed by atoms with Crippen LogP contribution in [0.4, 0.5) is 4.39 Å². The Morgan fingerprint density at radius 3 is 2.35 bits per heavy atom. The number of benzene rings is 1. The van der Waals surface area contributed by atoms with E-state index in [0.29, 0.717) is 5.56 Å². The van der Waals surface area contributed by atoms with E-state index < -0.39 is 35.7 Å². The van der Waals surface area contributed by atoms with Gasteiger partial charge < -0.3 is 20.2 Å². The van der Waals surface area contributed by atoms with Crippen LogP contribution < -0.4 is 10.6 Å². The summed E-state index contributed by atoms with van der Waals surface area (Å²) in [6, 6.07) is 3.64. The summed E-state index contributed by atoms with van der Waals surface area (Å²) in [6.45, 7) is 2.62. The maximum atomic E-state index is 13.3. The summed E-state index contributed by atoms with van der Waals surface area (Å²) in [5.41, 5.74) is 0.511. The molecule has 0 aromatic heterocycles. The lowest BCUT2D eigenvalue weighted by Gasteiger charge is -2.22. The molecule has 0 saturated heterocycles. The Morgan fingerprint density at radius 1 is 1.12 bits per heavy atom. The predicted molar refractivity (Wildman–Crippen MR) is 91.6 cm³/mol. The fraction of sp³-hybridized carbons (Fsp3) is 0.444. The molecule has 26 heavy (non-hydrogen) atoms. The molecule has 0 spiro atoms. The zero-order valence-corrected chi connectivity index (χ0v) is 15.0. The van der Waals surface area contributed by atoms with Crippen molar-refractivity contribution in [3.8, 4) is 0 Å². The van der Waals surface area contributed by atoms with Crippen molar-refractivity contribution in [1.82, 2.24) is 10.6 Å². The van der Waals surface area contributed by atoms with E-state index in [1.165, 1.54) is 39.2 Å². The van der Waals surface area contributed by atoms with Crippen molar-refractivity contribution >= 4 is 23.6 Å². The Hall–Kier alpha value is -2.77. The molecule has 0 heterocycles. The first-order chi connectivity index (χ1) is 12.2. The van der Waals surface area contributed by atoms with E-state index in [2.05, 4.69) is 15.4 Å². The van der Waals surface area contributed by atoms with E-state index in [1.807, 2.05) is 0 Å². The predicted octanol–water partition coefficient (Wildman–Crippen LogP) is 0.900. The fourth-order valence-electron chi connectivity index (χ4n) is 2.37. The molecule has 142 valence electrons. The monoisotopic (exact) mass is 366 g/mol. The second kappa shape index (κ2) is 10.3. The number of hydrogen-bond donors (Lipinski definition) is 2. The van der Waals surface area contributed by atoms with Crippen molar-refractivity contribution in [2.45, 2.75) is 45.2 Å². The molecule has 1 aromatic rings. The van der Waals surface area contributed by atoms with E-state index in [9.17, 15) is 23.6 Å². The third-order valence-corrected chi connectivity index (χ3v) is 3.61. The summed E-state index contributed by atoms with van der Waals surface area (Å²) in [5, 5.41) is 4.97. The van der Waals surface area contributed by atoms with Crippen LogP contribution in [0.2, 0.25) is 0 Å². The molecule has 7 nitrogen and oxygen atoms in total. The SMILES string of the molecule is COC(=O)[C@@H](CCC(C)=O)NC(=O)[C@@H](Cc1cccc(F)c1)NC(C)=O. The minimum Gasteiger partial charge on any atom is -0.467 e. The Bertz CT molecular complexity index is 677. The van der Waals surface area contributed by atoms with Gasteiger partial charge in [0.2, 0.25) is 11.8 Å². The van der Waals surface area contributed by atoms with Crippen LogP contribution in [0.15, 0.2) is 24.3 Å². The number of amides is 2. The van der Waals surface area contributed by atoms with Gasteiger partial charge in [0.15, 0.2) is 0 Å². The van der Waals surface area contributed by atoms with Crippen LogP contribution in [0.25, 0.3) is 0 Å². The Labute approximate surface area is 151 Å². The first-order valence-electron chi connectivity index (χ1n) is 8.12. The molecule has 1 aromatic carbocycles. The van der Waals surface area contributed by atoms with Crippen LogP contribution in [-0.4, -0.2) is 42.8 Å². The van der Waals surface area contributed by atoms with Crippen molar-refractivity contribution in [2.24, 2.45) is 0 Å². The number of hydrogen-bond acceptors (Lipinski definition) is 5. The second-order valence-corrected chi connectivity index (χ2v) is 5.91. The van der Waals surface area contributed by atoms with Gasteiger partial charge in [0.05, 0.1) is 7.11 Å². The summed E-state index contributed by atoms with van der Waals surface area (Å²) in [7, 11) is 1.17. The normalized spacial score (nSPS) is 12.6. The highest BCUT2D eigenvalue weighted by molar-refractivity contribution is 5.90. The van der Waals surface area contributed by atoms with Gasteiger partial charge in [-0.25, -0.2) is 9.18 Å². The zero-order valence-electron chi connectivity index (χ0n) is 15.0. The summed E-state index contributed by atoms with van der Waals surface area (Å²) >= 11 is 0. The number of esters is 1. The van der Waals surface area contributed by atoms with Crippen LogP contribution in [0.5, 0.6) is 0 Å². The van der Waals surface area contributed by atoms with E-state index in [4.69, 9.17) is 0 Å². The third-order valence-electron chi connectivity index (χ3n) is 3.61. The van der Waals surface area contributed by atoms with Crippen LogP contribution in [-0.2, 0) is 30.3 Å². The number of halogens is 1. The van der Waals surface area contributed by atoms with Crippen molar-refractivity contribution in [3.05, 3.63) is 35.6 Å². The number of rotatable bonds is 9. The molecular weight excluding hydrogens is 343 g/mol. The van der Waals surface area contributed by atoms with Gasteiger partial charge in [-0.05, 0) is 31.0 Å². The highest BCUT2D eigenvalue weighted by Crippen LogP contribution is 2.08. The molecule has 8 heteroatoms. The minimum atomic E-state index is -1.01. The third kappa shape index (κ3) is 7.42. The molecular formula is C18H23FN2O5. The average Bonchev–Trinajstić information content (AvgIpc) is 2.56. The molecule has 0 aliphatic rings. The van der Waals surface area contributed by atoms with Crippen LogP contribution in [0.1, 0.15) is 32.3 Å². The Kier molecular flexibility index (Phi) is 8.41. The molecule has 0 radical (unpaired) electrons. The van der Waals surface area contributed by atoms with Gasteiger partial charge in [0.1, 0.15) is 23.7 Å². The maximum Gasteiger partial charge on any atom is 0.328 e. The first kappa shape index (κ1) is 21.3. The molecule has 0 unspecified atom stereocenters. The van der Waals surface area contributed by atoms with Gasteiger partial charge >= 0.3 is 5.97 Å². The first-order valence-corrected chi connectivity index (χ1v) is 8.12. The number of nitrogens with one attached hydrogen (secondary N) is 2. The van der Waals surface area contributed by atoms with Gasteiger partial charge in [-0.3, -0.25) is 9.59 Å². The molecule has 2 atom stereocenters. The summed E-state index contributed by atoms with van der Waals surface area (Å²) < 4.78 is 18.0. The molecule has 2 amide bonds. The van der Waals surface area contributed by atoms with Crippen LogP contribution >= 0.6 is 0 Å². The van der Waals surface area contributed by atoms with E-state index >= 15 is 0 Å². The number of carbonyl (C=O) groups excluding carboxylic acids is 4. The molecule has 2 N–H and O–H groups in total. The Morgan fingerprint density at radius 2 is 1.81 bits per heavy atom. The molecule has 0 saturated carbocycles. The summed E-state index contributed by atoms with van der Waals surface area (Å²) in [5.74, 6) is -2.35. The fourth-order valence-corrected chi connectivity index (χ4v) is 2.37. The highest BCUT2D eigenvalue weighted by Gasteiger charge is 2.27. The number of ether oxygens (including phenoxy) is 1. The smallest absolute Gasteiger partial charge is 0.328 e. The van der Waals surface area contributed by atoms with Gasteiger partial charge in [0, 0.05) is 19.8 Å². The quantitative estimate of drug-likeness (QED) is 0.633. The topological polar surface area (TPSA) is 102 Å². The van der Waals surface area contributed by atoms with Crippen molar-refractivity contribution in [3.63, 3.8) is 0 Å². The number of Topliss-reactive ketones (excluding diaryl/α,β-unsaturated/α-hetero) is 1. The largest absolute Gasteiger partial charge is 0.467 e. The van der Waals surface area contributed by atoms with Crippen LogP contribution in [0.3, 0.4) is 0 Å². The lowest BCUT2D eigenvalue weighted by atomic mass is 10.0. The molecule has 0 aliphatic carbocycles. The highest BCUT2D eigenvalue weighted by atomic mass is 19.1. The standard InChI is InChI=1S/C18H23FN2O5/c1-11(22)7-8-15(18(25)26-3)21-17(24)16(20-12(2)23)10-13-5-4-6-14(19)9-13/h4-6,9,15-16H,7-8,10H2,1-3H3,(H,20,23)(H,21,24)/t15-,16-/m1/s1. The van der Waals surface area contributed by atoms with Gasteiger partial charge in [-0.1, -0.05) is 12.1 Å². The Balaban J connectivity index is 2.89. The maximum absolute atomic E-state index is 13.3. The molecule has 0 fully saturated rings. The van der Waals surface area contributed by atoms with E-state index in [-0.39, 0.29) is 25.0 Å². The van der Waals surface area contributed by atoms with E-state index in [0.717, 1.165) is 0 Å².